The van der Waals surface area contributed by atoms with E-state index in [1.807, 2.05) is 4.90 Å². The maximum atomic E-state index is 12.4. The highest BCUT2D eigenvalue weighted by Crippen LogP contribution is 2.36. The van der Waals surface area contributed by atoms with E-state index >= 15 is 0 Å². The molecule has 0 spiro atoms. The molecule has 0 aliphatic carbocycles. The van der Waals surface area contributed by atoms with E-state index < -0.39 is 0 Å². The van der Waals surface area contributed by atoms with E-state index in [-0.39, 0.29) is 24.1 Å². The predicted molar refractivity (Wildman–Crippen MR) is 66.9 cm³/mol. The Kier molecular flexibility index (Phi) is 2.70. The second-order valence-corrected chi connectivity index (χ2v) is 5.19. The Morgan fingerprint density at radius 1 is 1.33 bits per heavy atom. The number of carbonyl (C=O) groups is 1. The Morgan fingerprint density at radius 2 is 2.00 bits per heavy atom. The molecule has 2 bridgehead atoms. The molecule has 1 aromatic heterocycles. The van der Waals surface area contributed by atoms with Gasteiger partial charge in [-0.1, -0.05) is 0 Å². The number of nitrogens with two attached hydrogens (primary N) is 1. The van der Waals surface area contributed by atoms with Gasteiger partial charge in [0.2, 0.25) is 0 Å². The van der Waals surface area contributed by atoms with Crippen LogP contribution in [0.15, 0.2) is 18.3 Å². The maximum Gasteiger partial charge on any atom is 0.255 e. The van der Waals surface area contributed by atoms with Gasteiger partial charge < -0.3 is 15.7 Å². The first-order valence-corrected chi connectivity index (χ1v) is 6.37. The molecule has 2 unspecified atom stereocenters. The fourth-order valence-electron chi connectivity index (χ4n) is 3.16. The lowest BCUT2D eigenvalue weighted by molar-refractivity contribution is 0.0286. The molecule has 0 aromatic carbocycles. The van der Waals surface area contributed by atoms with E-state index in [2.05, 4.69) is 4.98 Å². The van der Waals surface area contributed by atoms with Crippen LogP contribution in [0.1, 0.15) is 36.0 Å². The van der Waals surface area contributed by atoms with Crippen LogP contribution in [0.3, 0.4) is 0 Å². The Balaban J connectivity index is 1.83. The van der Waals surface area contributed by atoms with Crippen LogP contribution in [0.25, 0.3) is 0 Å². The van der Waals surface area contributed by atoms with Crippen LogP contribution < -0.4 is 5.73 Å². The number of piperidine rings is 1. The second-order valence-electron chi connectivity index (χ2n) is 5.19. The van der Waals surface area contributed by atoms with E-state index in [0.717, 1.165) is 12.8 Å². The second kappa shape index (κ2) is 4.24. The summed E-state index contributed by atoms with van der Waals surface area (Å²) < 4.78 is 0. The summed E-state index contributed by atoms with van der Waals surface area (Å²) in [6.45, 7) is 0. The lowest BCUT2D eigenvalue weighted by Crippen LogP contribution is -2.48. The van der Waals surface area contributed by atoms with Gasteiger partial charge in [0.15, 0.2) is 0 Å². The highest BCUT2D eigenvalue weighted by atomic mass is 16.3. The normalized spacial score (nSPS) is 30.5. The number of amides is 1. The van der Waals surface area contributed by atoms with E-state index in [1.54, 1.807) is 12.1 Å². The summed E-state index contributed by atoms with van der Waals surface area (Å²) in [6, 6.07) is 3.73. The summed E-state index contributed by atoms with van der Waals surface area (Å²) in [7, 11) is 0. The summed E-state index contributed by atoms with van der Waals surface area (Å²) in [5.74, 6) is 0.436. The number of aliphatic hydroxyl groups excluding tert-OH is 1. The number of nitrogen functional groups attached to an aromatic ring is 1. The molecule has 3 rings (SSSR count). The molecule has 2 aliphatic rings. The van der Waals surface area contributed by atoms with Crippen molar-refractivity contribution in [3.63, 3.8) is 0 Å². The molecule has 5 nitrogen and oxygen atoms in total. The third-order valence-electron chi connectivity index (χ3n) is 3.98. The number of hydrogen-bond donors (Lipinski definition) is 2. The number of pyridine rings is 1. The van der Waals surface area contributed by atoms with E-state index in [1.165, 1.54) is 6.20 Å². The van der Waals surface area contributed by atoms with Gasteiger partial charge in [0.05, 0.1) is 11.7 Å². The molecule has 0 radical (unpaired) electrons. The number of anilines is 1. The van der Waals surface area contributed by atoms with Crippen molar-refractivity contribution < 1.29 is 9.90 Å². The van der Waals surface area contributed by atoms with E-state index in [4.69, 9.17) is 5.73 Å². The third-order valence-corrected chi connectivity index (χ3v) is 3.98. The first-order chi connectivity index (χ1) is 8.65. The summed E-state index contributed by atoms with van der Waals surface area (Å²) in [4.78, 5) is 18.3. The number of hydrogen-bond acceptors (Lipinski definition) is 4. The van der Waals surface area contributed by atoms with Crippen molar-refractivity contribution in [3.8, 4) is 0 Å². The summed E-state index contributed by atoms with van der Waals surface area (Å²) in [5, 5.41) is 9.73. The van der Waals surface area contributed by atoms with Gasteiger partial charge in [-0.25, -0.2) is 4.98 Å². The van der Waals surface area contributed by atoms with Crippen molar-refractivity contribution in [2.45, 2.75) is 43.9 Å². The minimum atomic E-state index is -0.254. The molecule has 5 heteroatoms. The van der Waals surface area contributed by atoms with Crippen molar-refractivity contribution in [2.24, 2.45) is 0 Å². The molecular weight excluding hydrogens is 230 g/mol. The Hall–Kier alpha value is -1.62. The number of fused-ring (bicyclic) bond motifs is 2. The Morgan fingerprint density at radius 3 is 2.56 bits per heavy atom. The standard InChI is InChI=1S/C13H17N3O2/c14-12-4-1-8(7-15-12)13(18)16-9-2-3-10(16)6-11(17)5-9/h1,4,7,9-11,17H,2-3,5-6H2,(H2,14,15). The van der Waals surface area contributed by atoms with Gasteiger partial charge in [-0.3, -0.25) is 4.79 Å². The van der Waals surface area contributed by atoms with Gasteiger partial charge in [0, 0.05) is 18.3 Å². The number of carbonyl (C=O) groups excluding carboxylic acids is 1. The smallest absolute Gasteiger partial charge is 0.255 e. The van der Waals surface area contributed by atoms with Crippen LogP contribution >= 0.6 is 0 Å². The highest BCUT2D eigenvalue weighted by molar-refractivity contribution is 5.94. The zero-order chi connectivity index (χ0) is 12.7. The number of aliphatic hydroxyl groups is 1. The van der Waals surface area contributed by atoms with Crippen LogP contribution in [0.5, 0.6) is 0 Å². The quantitative estimate of drug-likeness (QED) is 0.769. The van der Waals surface area contributed by atoms with Crippen molar-refractivity contribution in [1.29, 1.82) is 0 Å². The number of rotatable bonds is 1. The topological polar surface area (TPSA) is 79.5 Å². The molecular formula is C13H17N3O2. The van der Waals surface area contributed by atoms with E-state index in [0.29, 0.717) is 24.2 Å². The molecule has 2 saturated heterocycles. The number of nitrogens with zero attached hydrogens (tertiary/aromatic N) is 2. The number of aromatic nitrogens is 1. The van der Waals surface area contributed by atoms with Gasteiger partial charge in [0.1, 0.15) is 5.82 Å². The molecule has 18 heavy (non-hydrogen) atoms. The van der Waals surface area contributed by atoms with Crippen molar-refractivity contribution in [3.05, 3.63) is 23.9 Å². The van der Waals surface area contributed by atoms with Crippen LogP contribution in [0.4, 0.5) is 5.82 Å². The highest BCUT2D eigenvalue weighted by Gasteiger charge is 2.42. The van der Waals surface area contributed by atoms with Gasteiger partial charge in [-0.05, 0) is 37.8 Å². The summed E-state index contributed by atoms with van der Waals surface area (Å²) >= 11 is 0. The molecule has 2 atom stereocenters. The molecule has 2 aliphatic heterocycles. The molecule has 3 N–H and O–H groups in total. The Bertz CT molecular complexity index is 446. The van der Waals surface area contributed by atoms with Crippen LogP contribution in [-0.4, -0.2) is 39.1 Å². The zero-order valence-corrected chi connectivity index (χ0v) is 10.1. The third kappa shape index (κ3) is 1.84. The first-order valence-electron chi connectivity index (χ1n) is 6.37. The Labute approximate surface area is 106 Å². The molecule has 1 amide bonds. The molecule has 3 heterocycles. The lowest BCUT2D eigenvalue weighted by Gasteiger charge is -2.37. The predicted octanol–water partition coefficient (Wildman–Crippen LogP) is 0.792. The SMILES string of the molecule is Nc1ccc(C(=O)N2C3CCC2CC(O)C3)cn1. The molecule has 96 valence electrons. The minimum Gasteiger partial charge on any atom is -0.393 e. The largest absolute Gasteiger partial charge is 0.393 e. The average Bonchev–Trinajstić information content (AvgIpc) is 2.62. The fraction of sp³-hybridized carbons (Fsp3) is 0.538. The van der Waals surface area contributed by atoms with Crippen molar-refractivity contribution in [2.75, 3.05) is 5.73 Å². The average molecular weight is 247 g/mol. The van der Waals surface area contributed by atoms with Crippen LogP contribution in [0.2, 0.25) is 0 Å². The van der Waals surface area contributed by atoms with Crippen LogP contribution in [-0.2, 0) is 0 Å². The zero-order valence-electron chi connectivity index (χ0n) is 10.1. The fourth-order valence-corrected chi connectivity index (χ4v) is 3.16. The molecule has 0 saturated carbocycles. The van der Waals surface area contributed by atoms with Gasteiger partial charge >= 0.3 is 0 Å². The van der Waals surface area contributed by atoms with Gasteiger partial charge in [-0.15, -0.1) is 0 Å². The maximum absolute atomic E-state index is 12.4. The van der Waals surface area contributed by atoms with E-state index in [9.17, 15) is 9.90 Å². The van der Waals surface area contributed by atoms with Crippen molar-refractivity contribution in [1.82, 2.24) is 9.88 Å². The van der Waals surface area contributed by atoms with Crippen LogP contribution in [0, 0.1) is 0 Å². The first kappa shape index (κ1) is 11.5. The minimum absolute atomic E-state index is 0.0156. The van der Waals surface area contributed by atoms with Crippen molar-refractivity contribution >= 4 is 11.7 Å². The monoisotopic (exact) mass is 247 g/mol. The van der Waals surface area contributed by atoms with Gasteiger partial charge in [0.25, 0.3) is 5.91 Å². The van der Waals surface area contributed by atoms with Gasteiger partial charge in [-0.2, -0.15) is 0 Å². The summed E-state index contributed by atoms with van der Waals surface area (Å²) in [6.07, 6.45) is 4.67. The summed E-state index contributed by atoms with van der Waals surface area (Å²) in [5.41, 5.74) is 6.10. The molecule has 2 fully saturated rings. The molecule has 1 aromatic rings. The lowest BCUT2D eigenvalue weighted by atomic mass is 9.99.